The third-order valence-electron chi connectivity index (χ3n) is 2.64. The number of rotatable bonds is 4. The van der Waals surface area contributed by atoms with Crippen molar-refractivity contribution in [3.05, 3.63) is 41.0 Å². The Morgan fingerprint density at radius 3 is 2.62 bits per heavy atom. The van der Waals surface area contributed by atoms with Gasteiger partial charge in [-0.05, 0) is 19.9 Å². The SMILES string of the molecule is COC(=O)c1cnc(OC(C)C)nc1-c1ccccc1Cl. The fraction of sp³-hybridized carbons (Fsp3) is 0.267. The first-order valence-electron chi connectivity index (χ1n) is 6.40. The Bertz CT molecular complexity index is 659. The second kappa shape index (κ2) is 6.54. The average molecular weight is 307 g/mol. The average Bonchev–Trinajstić information content (AvgIpc) is 2.46. The molecule has 1 aromatic heterocycles. The van der Waals surface area contributed by atoms with Crippen LogP contribution in [0.1, 0.15) is 24.2 Å². The van der Waals surface area contributed by atoms with E-state index in [1.165, 1.54) is 13.3 Å². The zero-order valence-electron chi connectivity index (χ0n) is 12.0. The van der Waals surface area contributed by atoms with Crippen molar-refractivity contribution in [3.63, 3.8) is 0 Å². The Hall–Kier alpha value is -2.14. The zero-order chi connectivity index (χ0) is 15.4. The fourth-order valence-electron chi connectivity index (χ4n) is 1.75. The van der Waals surface area contributed by atoms with Crippen molar-refractivity contribution < 1.29 is 14.3 Å². The third kappa shape index (κ3) is 3.49. The summed E-state index contributed by atoms with van der Waals surface area (Å²) in [4.78, 5) is 20.2. The number of hydrogen-bond donors (Lipinski definition) is 0. The predicted octanol–water partition coefficient (Wildman–Crippen LogP) is 3.37. The van der Waals surface area contributed by atoms with Crippen LogP contribution in [0.15, 0.2) is 30.5 Å². The van der Waals surface area contributed by atoms with Crippen LogP contribution in [0.2, 0.25) is 5.02 Å². The minimum Gasteiger partial charge on any atom is -0.465 e. The molecule has 0 atom stereocenters. The van der Waals surface area contributed by atoms with Crippen molar-refractivity contribution in [1.29, 1.82) is 0 Å². The molecule has 2 aromatic rings. The molecule has 0 N–H and O–H groups in total. The Morgan fingerprint density at radius 2 is 2.00 bits per heavy atom. The number of ether oxygens (including phenoxy) is 2. The van der Waals surface area contributed by atoms with Crippen molar-refractivity contribution in [2.45, 2.75) is 20.0 Å². The molecule has 1 aromatic carbocycles. The van der Waals surface area contributed by atoms with E-state index >= 15 is 0 Å². The van der Waals surface area contributed by atoms with Gasteiger partial charge in [0.25, 0.3) is 0 Å². The van der Waals surface area contributed by atoms with Gasteiger partial charge >= 0.3 is 12.0 Å². The molecule has 0 aliphatic heterocycles. The largest absolute Gasteiger partial charge is 0.465 e. The number of nitrogens with zero attached hydrogens (tertiary/aromatic N) is 2. The molecule has 6 heteroatoms. The quantitative estimate of drug-likeness (QED) is 0.810. The highest BCUT2D eigenvalue weighted by Crippen LogP contribution is 2.30. The van der Waals surface area contributed by atoms with Gasteiger partial charge in [0.15, 0.2) is 0 Å². The topological polar surface area (TPSA) is 61.3 Å². The summed E-state index contributed by atoms with van der Waals surface area (Å²) in [5, 5.41) is 0.483. The maximum atomic E-state index is 11.9. The summed E-state index contributed by atoms with van der Waals surface area (Å²) in [5.41, 5.74) is 1.25. The minimum atomic E-state index is -0.527. The molecular formula is C15H15ClN2O3. The van der Waals surface area contributed by atoms with E-state index in [1.807, 2.05) is 19.9 Å². The van der Waals surface area contributed by atoms with Gasteiger partial charge in [-0.1, -0.05) is 29.8 Å². The van der Waals surface area contributed by atoms with Gasteiger partial charge in [0.2, 0.25) is 0 Å². The molecule has 0 saturated heterocycles. The Morgan fingerprint density at radius 1 is 1.29 bits per heavy atom. The number of hydrogen-bond acceptors (Lipinski definition) is 5. The Balaban J connectivity index is 2.58. The molecule has 2 rings (SSSR count). The summed E-state index contributed by atoms with van der Waals surface area (Å²) >= 11 is 6.18. The number of carbonyl (C=O) groups excluding carboxylic acids is 1. The van der Waals surface area contributed by atoms with Crippen LogP contribution in [0.4, 0.5) is 0 Å². The van der Waals surface area contributed by atoms with Gasteiger partial charge < -0.3 is 9.47 Å². The number of benzene rings is 1. The van der Waals surface area contributed by atoms with Gasteiger partial charge in [0, 0.05) is 16.8 Å². The predicted molar refractivity (Wildman–Crippen MR) is 79.6 cm³/mol. The molecule has 0 fully saturated rings. The van der Waals surface area contributed by atoms with Crippen molar-refractivity contribution in [2.75, 3.05) is 7.11 Å². The number of carbonyl (C=O) groups is 1. The number of halogens is 1. The standard InChI is InChI=1S/C15H15ClN2O3/c1-9(2)21-15-17-8-11(14(19)20-3)13(18-15)10-6-4-5-7-12(10)16/h4-9H,1-3H3. The summed E-state index contributed by atoms with van der Waals surface area (Å²) in [5.74, 6) is -0.527. The summed E-state index contributed by atoms with van der Waals surface area (Å²) in [7, 11) is 1.30. The van der Waals surface area contributed by atoms with Crippen LogP contribution in [-0.4, -0.2) is 29.2 Å². The van der Waals surface area contributed by atoms with E-state index in [2.05, 4.69) is 9.97 Å². The number of esters is 1. The Labute approximate surface area is 127 Å². The molecule has 21 heavy (non-hydrogen) atoms. The van der Waals surface area contributed by atoms with Gasteiger partial charge in [0.1, 0.15) is 5.56 Å². The molecule has 0 spiro atoms. The second-order valence-electron chi connectivity index (χ2n) is 4.55. The van der Waals surface area contributed by atoms with Gasteiger partial charge in [0.05, 0.1) is 18.9 Å². The van der Waals surface area contributed by atoms with Crippen LogP contribution >= 0.6 is 11.6 Å². The first-order chi connectivity index (χ1) is 10.0. The molecule has 110 valence electrons. The number of aromatic nitrogens is 2. The van der Waals surface area contributed by atoms with E-state index in [1.54, 1.807) is 18.2 Å². The smallest absolute Gasteiger partial charge is 0.341 e. The first kappa shape index (κ1) is 15.3. The molecule has 0 bridgehead atoms. The van der Waals surface area contributed by atoms with E-state index in [-0.39, 0.29) is 17.7 Å². The molecule has 0 saturated carbocycles. The first-order valence-corrected chi connectivity index (χ1v) is 6.77. The zero-order valence-corrected chi connectivity index (χ0v) is 12.7. The van der Waals surface area contributed by atoms with E-state index in [0.29, 0.717) is 16.3 Å². The van der Waals surface area contributed by atoms with Gasteiger partial charge in [-0.3, -0.25) is 0 Å². The van der Waals surface area contributed by atoms with Crippen LogP contribution in [0.5, 0.6) is 6.01 Å². The van der Waals surface area contributed by atoms with E-state index in [4.69, 9.17) is 21.1 Å². The summed E-state index contributed by atoms with van der Waals surface area (Å²) in [6.45, 7) is 3.74. The molecule has 0 aliphatic carbocycles. The second-order valence-corrected chi connectivity index (χ2v) is 4.96. The third-order valence-corrected chi connectivity index (χ3v) is 2.97. The monoisotopic (exact) mass is 306 g/mol. The molecule has 0 unspecified atom stereocenters. The lowest BCUT2D eigenvalue weighted by Gasteiger charge is -2.12. The maximum Gasteiger partial charge on any atom is 0.341 e. The lowest BCUT2D eigenvalue weighted by molar-refractivity contribution is 0.0600. The maximum absolute atomic E-state index is 11.9. The highest BCUT2D eigenvalue weighted by atomic mass is 35.5. The summed E-state index contributed by atoms with van der Waals surface area (Å²) < 4.78 is 10.2. The van der Waals surface area contributed by atoms with Gasteiger partial charge in [-0.2, -0.15) is 4.98 Å². The number of methoxy groups -OCH3 is 1. The molecule has 5 nitrogen and oxygen atoms in total. The van der Waals surface area contributed by atoms with Crippen molar-refractivity contribution in [3.8, 4) is 17.3 Å². The van der Waals surface area contributed by atoms with E-state index in [9.17, 15) is 4.79 Å². The molecule has 0 amide bonds. The fourth-order valence-corrected chi connectivity index (χ4v) is 1.98. The summed E-state index contributed by atoms with van der Waals surface area (Å²) in [6, 6.07) is 7.30. The lowest BCUT2D eigenvalue weighted by atomic mass is 10.1. The van der Waals surface area contributed by atoms with Crippen LogP contribution in [0, 0.1) is 0 Å². The molecular weight excluding hydrogens is 292 g/mol. The normalized spacial score (nSPS) is 10.5. The molecule has 1 heterocycles. The van der Waals surface area contributed by atoms with Gasteiger partial charge in [-0.25, -0.2) is 9.78 Å². The lowest BCUT2D eigenvalue weighted by Crippen LogP contribution is -2.12. The molecule has 0 radical (unpaired) electrons. The van der Waals surface area contributed by atoms with E-state index < -0.39 is 5.97 Å². The van der Waals surface area contributed by atoms with Crippen LogP contribution in [0.25, 0.3) is 11.3 Å². The minimum absolute atomic E-state index is 0.0759. The van der Waals surface area contributed by atoms with Crippen LogP contribution in [-0.2, 0) is 4.74 Å². The van der Waals surface area contributed by atoms with E-state index in [0.717, 1.165) is 0 Å². The highest BCUT2D eigenvalue weighted by molar-refractivity contribution is 6.33. The molecule has 0 aliphatic rings. The Kier molecular flexibility index (Phi) is 4.75. The summed E-state index contributed by atoms with van der Waals surface area (Å²) in [6.07, 6.45) is 1.31. The highest BCUT2D eigenvalue weighted by Gasteiger charge is 2.19. The van der Waals surface area contributed by atoms with Crippen molar-refractivity contribution >= 4 is 17.6 Å². The van der Waals surface area contributed by atoms with Gasteiger partial charge in [-0.15, -0.1) is 0 Å². The van der Waals surface area contributed by atoms with Crippen molar-refractivity contribution in [2.24, 2.45) is 0 Å². The van der Waals surface area contributed by atoms with Crippen LogP contribution in [0.3, 0.4) is 0 Å². The van der Waals surface area contributed by atoms with Crippen LogP contribution < -0.4 is 4.74 Å². The van der Waals surface area contributed by atoms with Crippen molar-refractivity contribution in [1.82, 2.24) is 9.97 Å².